The number of hydrogen-bond acceptors (Lipinski definition) is 3. The molecule has 1 amide bonds. The van der Waals surface area contributed by atoms with E-state index >= 15 is 0 Å². The third kappa shape index (κ3) is 3.69. The van der Waals surface area contributed by atoms with Crippen molar-refractivity contribution in [1.29, 1.82) is 0 Å². The summed E-state index contributed by atoms with van der Waals surface area (Å²) in [6.07, 6.45) is 3.41. The summed E-state index contributed by atoms with van der Waals surface area (Å²) in [6, 6.07) is 4.20. The molecule has 0 unspecified atom stereocenters. The Hall–Kier alpha value is -0.580. The molecule has 0 bridgehead atoms. The summed E-state index contributed by atoms with van der Waals surface area (Å²) in [5.41, 5.74) is 0. The maximum Gasteiger partial charge on any atom is 0.223 e. The normalized spacial score (nSPS) is 14.9. The van der Waals surface area contributed by atoms with Crippen molar-refractivity contribution in [2.75, 3.05) is 13.2 Å². The molecule has 1 saturated carbocycles. The average molecular weight is 274 g/mol. The number of aliphatic hydroxyl groups is 1. The van der Waals surface area contributed by atoms with E-state index in [-0.39, 0.29) is 12.5 Å². The molecular weight excluding hydrogens is 258 g/mol. The number of halogens is 1. The van der Waals surface area contributed by atoms with Crippen LogP contribution < -0.4 is 0 Å². The zero-order valence-electron chi connectivity index (χ0n) is 9.56. The minimum absolute atomic E-state index is 0.0487. The van der Waals surface area contributed by atoms with E-state index < -0.39 is 0 Å². The van der Waals surface area contributed by atoms with E-state index in [0.29, 0.717) is 19.0 Å². The summed E-state index contributed by atoms with van der Waals surface area (Å²) >= 11 is 7.36. The molecule has 0 saturated heterocycles. The number of aryl methyl sites for hydroxylation is 1. The van der Waals surface area contributed by atoms with Crippen molar-refractivity contribution in [3.05, 3.63) is 21.3 Å². The van der Waals surface area contributed by atoms with Crippen molar-refractivity contribution in [3.63, 3.8) is 0 Å². The monoisotopic (exact) mass is 273 g/mol. The van der Waals surface area contributed by atoms with Gasteiger partial charge in [0.2, 0.25) is 5.91 Å². The Kier molecular flexibility index (Phi) is 4.42. The van der Waals surface area contributed by atoms with E-state index in [9.17, 15) is 4.79 Å². The van der Waals surface area contributed by atoms with Gasteiger partial charge in [0.15, 0.2) is 0 Å². The highest BCUT2D eigenvalue weighted by Gasteiger charge is 2.31. The number of carbonyl (C=O) groups is 1. The summed E-state index contributed by atoms with van der Waals surface area (Å²) in [4.78, 5) is 14.9. The Morgan fingerprint density at radius 1 is 1.53 bits per heavy atom. The Morgan fingerprint density at radius 3 is 2.82 bits per heavy atom. The van der Waals surface area contributed by atoms with Gasteiger partial charge in [-0.15, -0.1) is 11.3 Å². The molecule has 1 aromatic rings. The first-order chi connectivity index (χ1) is 8.20. The van der Waals surface area contributed by atoms with Crippen LogP contribution in [0.15, 0.2) is 12.1 Å². The standard InChI is InChI=1S/C12H16ClNO2S/c13-11-5-3-10(17-11)4-6-12(16)14(7-8-15)9-1-2-9/h3,5,9,15H,1-2,4,6-8H2. The highest BCUT2D eigenvalue weighted by atomic mass is 35.5. The fraction of sp³-hybridized carbons (Fsp3) is 0.583. The summed E-state index contributed by atoms with van der Waals surface area (Å²) in [5.74, 6) is 0.145. The van der Waals surface area contributed by atoms with Gasteiger partial charge in [-0.25, -0.2) is 0 Å². The smallest absolute Gasteiger partial charge is 0.223 e. The Bertz CT molecular complexity index is 390. The van der Waals surface area contributed by atoms with Crippen LogP contribution >= 0.6 is 22.9 Å². The predicted octanol–water partition coefficient (Wildman–Crippen LogP) is 2.32. The number of hydrogen-bond donors (Lipinski definition) is 1. The first-order valence-corrected chi connectivity index (χ1v) is 7.04. The number of carbonyl (C=O) groups excluding carboxylic acids is 1. The Labute approximate surface area is 110 Å². The maximum absolute atomic E-state index is 12.0. The molecule has 17 heavy (non-hydrogen) atoms. The minimum Gasteiger partial charge on any atom is -0.395 e. The van der Waals surface area contributed by atoms with Crippen LogP contribution in [0.2, 0.25) is 4.34 Å². The first-order valence-electron chi connectivity index (χ1n) is 5.85. The lowest BCUT2D eigenvalue weighted by atomic mass is 10.2. The van der Waals surface area contributed by atoms with Gasteiger partial charge in [0.1, 0.15) is 0 Å². The predicted molar refractivity (Wildman–Crippen MR) is 69.5 cm³/mol. The van der Waals surface area contributed by atoms with Gasteiger partial charge >= 0.3 is 0 Å². The molecule has 1 aliphatic rings. The van der Waals surface area contributed by atoms with Gasteiger partial charge in [-0.1, -0.05) is 11.6 Å². The highest BCUT2D eigenvalue weighted by molar-refractivity contribution is 7.16. The molecule has 1 aliphatic carbocycles. The molecule has 2 rings (SSSR count). The van der Waals surface area contributed by atoms with Crippen LogP contribution in [0, 0.1) is 0 Å². The molecule has 3 nitrogen and oxygen atoms in total. The van der Waals surface area contributed by atoms with Crippen molar-refractivity contribution >= 4 is 28.8 Å². The van der Waals surface area contributed by atoms with Crippen LogP contribution in [0.4, 0.5) is 0 Å². The van der Waals surface area contributed by atoms with Crippen LogP contribution in [-0.2, 0) is 11.2 Å². The largest absolute Gasteiger partial charge is 0.395 e. The summed E-state index contributed by atoms with van der Waals surface area (Å²) in [5, 5.41) is 8.94. The Morgan fingerprint density at radius 2 is 2.29 bits per heavy atom. The molecule has 94 valence electrons. The summed E-state index contributed by atoms with van der Waals surface area (Å²) in [7, 11) is 0. The molecule has 0 aliphatic heterocycles. The van der Waals surface area contributed by atoms with Crippen LogP contribution in [0.1, 0.15) is 24.1 Å². The zero-order chi connectivity index (χ0) is 12.3. The average Bonchev–Trinajstić information content (AvgIpc) is 3.06. The van der Waals surface area contributed by atoms with E-state index in [4.69, 9.17) is 16.7 Å². The zero-order valence-corrected chi connectivity index (χ0v) is 11.1. The Balaban J connectivity index is 1.82. The van der Waals surface area contributed by atoms with Crippen molar-refractivity contribution in [2.24, 2.45) is 0 Å². The van der Waals surface area contributed by atoms with Gasteiger partial charge in [-0.05, 0) is 31.4 Å². The number of aliphatic hydroxyl groups excluding tert-OH is 1. The van der Waals surface area contributed by atoms with Gasteiger partial charge in [-0.3, -0.25) is 4.79 Å². The van der Waals surface area contributed by atoms with Crippen LogP contribution in [0.25, 0.3) is 0 Å². The van der Waals surface area contributed by atoms with Crippen molar-refractivity contribution in [3.8, 4) is 0 Å². The third-order valence-corrected chi connectivity index (χ3v) is 4.15. The summed E-state index contributed by atoms with van der Waals surface area (Å²) in [6.45, 7) is 0.516. The number of rotatable bonds is 6. The first kappa shape index (κ1) is 12.9. The molecule has 1 fully saturated rings. The van der Waals surface area contributed by atoms with Crippen LogP contribution in [0.3, 0.4) is 0 Å². The molecule has 0 atom stereocenters. The van der Waals surface area contributed by atoms with E-state index in [1.165, 1.54) is 11.3 Å². The van der Waals surface area contributed by atoms with E-state index in [1.807, 2.05) is 17.0 Å². The molecular formula is C12H16ClNO2S. The molecule has 0 aromatic carbocycles. The van der Waals surface area contributed by atoms with Gasteiger partial charge in [0, 0.05) is 23.9 Å². The van der Waals surface area contributed by atoms with Crippen molar-refractivity contribution < 1.29 is 9.90 Å². The fourth-order valence-electron chi connectivity index (χ4n) is 1.86. The lowest BCUT2D eigenvalue weighted by Crippen LogP contribution is -2.35. The van der Waals surface area contributed by atoms with Gasteiger partial charge in [-0.2, -0.15) is 0 Å². The van der Waals surface area contributed by atoms with E-state index in [2.05, 4.69) is 0 Å². The molecule has 1 heterocycles. The molecule has 1 N–H and O–H groups in total. The molecule has 0 radical (unpaired) electrons. The van der Waals surface area contributed by atoms with Gasteiger partial charge < -0.3 is 10.0 Å². The van der Waals surface area contributed by atoms with Crippen LogP contribution in [-0.4, -0.2) is 35.1 Å². The van der Waals surface area contributed by atoms with Gasteiger partial charge in [0.25, 0.3) is 0 Å². The van der Waals surface area contributed by atoms with E-state index in [1.54, 1.807) is 0 Å². The van der Waals surface area contributed by atoms with E-state index in [0.717, 1.165) is 28.5 Å². The SMILES string of the molecule is O=C(CCc1ccc(Cl)s1)N(CCO)C1CC1. The highest BCUT2D eigenvalue weighted by Crippen LogP contribution is 2.28. The maximum atomic E-state index is 12.0. The fourth-order valence-corrected chi connectivity index (χ4v) is 2.95. The molecule has 5 heteroatoms. The lowest BCUT2D eigenvalue weighted by Gasteiger charge is -2.21. The van der Waals surface area contributed by atoms with Crippen LogP contribution in [0.5, 0.6) is 0 Å². The lowest BCUT2D eigenvalue weighted by molar-refractivity contribution is -0.132. The summed E-state index contributed by atoms with van der Waals surface area (Å²) < 4.78 is 0.766. The number of amides is 1. The molecule has 1 aromatic heterocycles. The van der Waals surface area contributed by atoms with Gasteiger partial charge in [0.05, 0.1) is 10.9 Å². The second-order valence-electron chi connectivity index (χ2n) is 4.25. The third-order valence-electron chi connectivity index (χ3n) is 2.86. The minimum atomic E-state index is 0.0487. The number of thiophene rings is 1. The second kappa shape index (κ2) is 5.85. The second-order valence-corrected chi connectivity index (χ2v) is 6.05. The number of nitrogens with zero attached hydrogens (tertiary/aromatic N) is 1. The van der Waals surface area contributed by atoms with Crippen molar-refractivity contribution in [2.45, 2.75) is 31.7 Å². The molecule has 0 spiro atoms. The topological polar surface area (TPSA) is 40.5 Å². The quantitative estimate of drug-likeness (QED) is 0.864. The van der Waals surface area contributed by atoms with Crippen molar-refractivity contribution in [1.82, 2.24) is 4.90 Å².